The summed E-state index contributed by atoms with van der Waals surface area (Å²) in [6.45, 7) is 1.31. The SMILES string of the molecule is NC(=O)CN1CCN(CC(N)=O)CCN(C(CCC(=O)N[C@H](Cc2ccc(O)c(I)c2)C(=O)NC(Cc2ccccc2)C(=O)N[C@H](CCCCNC(=O)CCCCCCC(=O)NCCCCC(NC(=O)N[C@@H](CCC(=O)O)C(=O)O)C(=O)O)C(=O)O)C(=O)O)CCN(CC(N)=O)CC1. The van der Waals surface area contributed by atoms with Crippen LogP contribution in [0.1, 0.15) is 114 Å². The van der Waals surface area contributed by atoms with E-state index in [0.717, 1.165) is 0 Å². The lowest BCUT2D eigenvalue weighted by Crippen LogP contribution is -2.57. The molecule has 19 N–H and O–H groups in total. The van der Waals surface area contributed by atoms with Gasteiger partial charge in [0.05, 0.1) is 23.2 Å². The predicted octanol–water partition coefficient (Wildman–Crippen LogP) is -1.78. The van der Waals surface area contributed by atoms with E-state index in [0.29, 0.717) is 53.2 Å². The van der Waals surface area contributed by atoms with Gasteiger partial charge in [-0.15, -0.1) is 0 Å². The van der Waals surface area contributed by atoms with E-state index in [1.165, 1.54) is 12.1 Å². The molecule has 544 valence electrons. The summed E-state index contributed by atoms with van der Waals surface area (Å²) in [6.07, 6.45) is 1.99. The van der Waals surface area contributed by atoms with Gasteiger partial charge in [0.1, 0.15) is 42.0 Å². The molecule has 34 nitrogen and oxygen atoms in total. The molecule has 6 atom stereocenters. The summed E-state index contributed by atoms with van der Waals surface area (Å²) in [5.41, 5.74) is 17.7. The van der Waals surface area contributed by atoms with Gasteiger partial charge in [-0.1, -0.05) is 49.2 Å². The third-order valence-electron chi connectivity index (χ3n) is 15.9. The maximum Gasteiger partial charge on any atom is 0.326 e. The first-order valence-corrected chi connectivity index (χ1v) is 33.5. The highest BCUT2D eigenvalue weighted by molar-refractivity contribution is 14.1. The van der Waals surface area contributed by atoms with Crippen LogP contribution in [-0.2, 0) is 75.2 Å². The second kappa shape index (κ2) is 45.6. The van der Waals surface area contributed by atoms with Crippen molar-refractivity contribution < 1.29 is 97.8 Å². The smallest absolute Gasteiger partial charge is 0.326 e. The zero-order valence-electron chi connectivity index (χ0n) is 54.8. The van der Waals surface area contributed by atoms with Crippen molar-refractivity contribution in [1.82, 2.24) is 56.8 Å². The van der Waals surface area contributed by atoms with Gasteiger partial charge in [-0.3, -0.25) is 67.5 Å². The highest BCUT2D eigenvalue weighted by Crippen LogP contribution is 2.22. The van der Waals surface area contributed by atoms with Crippen molar-refractivity contribution in [3.8, 4) is 5.75 Å². The number of carbonyl (C=O) groups excluding carboxylic acids is 9. The summed E-state index contributed by atoms with van der Waals surface area (Å²) in [5.74, 6) is -11.7. The van der Waals surface area contributed by atoms with Gasteiger partial charge in [-0.2, -0.15) is 0 Å². The Kier molecular flexibility index (Phi) is 38.9. The number of carbonyl (C=O) groups is 14. The van der Waals surface area contributed by atoms with E-state index in [1.807, 2.05) is 22.6 Å². The summed E-state index contributed by atoms with van der Waals surface area (Å²) in [5, 5.41) is 76.5. The first-order chi connectivity index (χ1) is 46.5. The molecule has 0 aromatic heterocycles. The number of unbranched alkanes of at least 4 members (excludes halogenated alkanes) is 5. The standard InChI is InChI=1S/C63H95IN14O20/c64-42-34-41(18-21-49(42)79)36-46(70-55(85)22-20-48(62(96)97)78-32-30-76(38-51(66)81)28-26-75(37-50(65)80)27-29-77(31-33-78)39-52(67)82)57(88)72-47(35-40-12-4-3-5-13-40)58(89)71-43(59(90)91)14-8-10-24-68-53(83)16-6-1-2-7-17-54(84)69-25-11-9-15-44(60(92)93)73-63(98)74-45(61(94)95)19-23-56(86)87/h3-5,12-13,18,21,34,43-48,79H,1-2,6-11,14-17,19-20,22-33,35-39H2,(H2,65,80)(H2,66,81)(H2,67,82)(H,68,83)(H,69,84)(H,70,85)(H,71,89)(H,72,88)(H,86,87)(H,90,91)(H,92,93)(H,94,95)(H,96,97)(H2,73,74,98)/t43-,44?,45+,46-,47?,48?/m1/s1. The van der Waals surface area contributed by atoms with E-state index in [1.54, 1.807) is 56.0 Å². The van der Waals surface area contributed by atoms with Crippen LogP contribution in [0.5, 0.6) is 5.75 Å². The topological polar surface area (TPSA) is 536 Å². The Balaban J connectivity index is 1.58. The molecule has 35 heteroatoms. The number of phenolic OH excluding ortho intramolecular Hbond substituents is 1. The molecule has 1 aliphatic rings. The Bertz CT molecular complexity index is 2970. The quantitative estimate of drug-likeness (QED) is 0.0257. The third kappa shape index (κ3) is 35.4. The fourth-order valence-electron chi connectivity index (χ4n) is 10.6. The van der Waals surface area contributed by atoms with Crippen LogP contribution in [-0.4, -0.2) is 255 Å². The number of nitrogens with two attached hydrogens (primary N) is 3. The number of nitrogens with one attached hydrogen (secondary N) is 7. The van der Waals surface area contributed by atoms with Crippen LogP contribution >= 0.6 is 22.6 Å². The van der Waals surface area contributed by atoms with Crippen molar-refractivity contribution in [2.45, 2.75) is 152 Å². The lowest BCUT2D eigenvalue weighted by Gasteiger charge is -2.35. The largest absolute Gasteiger partial charge is 0.507 e. The minimum atomic E-state index is -1.54. The molecule has 3 unspecified atom stereocenters. The first-order valence-electron chi connectivity index (χ1n) is 32.4. The molecule has 2 aromatic rings. The number of urea groups is 1. The molecule has 2 aromatic carbocycles. The maximum absolute atomic E-state index is 14.5. The molecule has 0 radical (unpaired) electrons. The number of phenols is 1. The van der Waals surface area contributed by atoms with E-state index in [-0.39, 0.29) is 160 Å². The summed E-state index contributed by atoms with van der Waals surface area (Å²) in [6, 6.07) is 3.51. The number of hydrogen-bond acceptors (Lipinski definition) is 19. The van der Waals surface area contributed by atoms with Gasteiger partial charge in [-0.25, -0.2) is 19.2 Å². The van der Waals surface area contributed by atoms with E-state index < -0.39 is 127 Å². The number of rotatable bonds is 45. The average Bonchev–Trinajstić information content (AvgIpc) is 0.864. The predicted molar refractivity (Wildman–Crippen MR) is 360 cm³/mol. The van der Waals surface area contributed by atoms with Crippen molar-refractivity contribution in [2.75, 3.05) is 85.1 Å². The number of nitrogens with zero attached hydrogens (tertiary/aromatic N) is 4. The molecule has 0 aliphatic carbocycles. The van der Waals surface area contributed by atoms with Crippen LogP contribution in [0.3, 0.4) is 0 Å². The fraction of sp³-hybridized carbons (Fsp3) is 0.587. The van der Waals surface area contributed by atoms with E-state index in [2.05, 4.69) is 37.2 Å². The summed E-state index contributed by atoms with van der Waals surface area (Å²) < 4.78 is 0.420. The Labute approximate surface area is 580 Å². The Morgan fingerprint density at radius 3 is 1.30 bits per heavy atom. The number of carboxylic acids is 5. The summed E-state index contributed by atoms with van der Waals surface area (Å²) in [7, 11) is 0. The number of aromatic hydroxyl groups is 1. The van der Waals surface area contributed by atoms with Crippen LogP contribution in [0.4, 0.5) is 4.79 Å². The zero-order chi connectivity index (χ0) is 72.7. The molecule has 1 saturated heterocycles. The molecule has 0 bridgehead atoms. The molecule has 10 amide bonds. The van der Waals surface area contributed by atoms with Gasteiger partial charge >= 0.3 is 35.9 Å². The van der Waals surface area contributed by atoms with Crippen LogP contribution in [0.2, 0.25) is 0 Å². The number of aliphatic carboxylic acids is 5. The lowest BCUT2D eigenvalue weighted by molar-refractivity contribution is -0.145. The van der Waals surface area contributed by atoms with Crippen LogP contribution < -0.4 is 54.4 Å². The molecule has 0 saturated carbocycles. The number of benzene rings is 2. The first kappa shape index (κ1) is 83.4. The minimum Gasteiger partial charge on any atom is -0.507 e. The normalized spacial score (nSPS) is 15.3. The molecule has 1 fully saturated rings. The number of primary amides is 3. The maximum atomic E-state index is 14.5. The Morgan fingerprint density at radius 1 is 0.429 bits per heavy atom. The Morgan fingerprint density at radius 2 is 0.857 bits per heavy atom. The number of carboxylic acid groups (broad SMARTS) is 5. The second-order valence-corrected chi connectivity index (χ2v) is 25.0. The highest BCUT2D eigenvalue weighted by Gasteiger charge is 2.33. The van der Waals surface area contributed by atoms with Crippen molar-refractivity contribution in [2.24, 2.45) is 17.2 Å². The van der Waals surface area contributed by atoms with Crippen LogP contribution in [0.25, 0.3) is 0 Å². The summed E-state index contributed by atoms with van der Waals surface area (Å²) >= 11 is 1.89. The van der Waals surface area contributed by atoms with Crippen molar-refractivity contribution in [3.05, 3.63) is 63.2 Å². The molecule has 98 heavy (non-hydrogen) atoms. The van der Waals surface area contributed by atoms with Gasteiger partial charge in [-0.05, 0) is 110 Å². The number of amides is 10. The highest BCUT2D eigenvalue weighted by atomic mass is 127. The molecular weight excluding hydrogens is 1400 g/mol. The number of hydrogen-bond donors (Lipinski definition) is 16. The summed E-state index contributed by atoms with van der Waals surface area (Å²) in [4.78, 5) is 182. The monoisotopic (exact) mass is 1490 g/mol. The molecule has 1 aliphatic heterocycles. The van der Waals surface area contributed by atoms with E-state index in [4.69, 9.17) is 22.3 Å². The molecular formula is C63H95IN14O20. The van der Waals surface area contributed by atoms with Gasteiger partial charge < -0.3 is 85.1 Å². The fourth-order valence-corrected chi connectivity index (χ4v) is 11.2. The van der Waals surface area contributed by atoms with E-state index in [9.17, 15) is 92.7 Å². The van der Waals surface area contributed by atoms with E-state index >= 15 is 0 Å². The van der Waals surface area contributed by atoms with Gasteiger partial charge in [0, 0.05) is 104 Å². The van der Waals surface area contributed by atoms with Crippen molar-refractivity contribution in [3.63, 3.8) is 0 Å². The molecule has 3 rings (SSSR count). The second-order valence-electron chi connectivity index (χ2n) is 23.9. The van der Waals surface area contributed by atoms with Crippen molar-refractivity contribution >= 4 is 106 Å². The third-order valence-corrected chi connectivity index (χ3v) is 16.8. The van der Waals surface area contributed by atoms with Gasteiger partial charge in [0.2, 0.25) is 47.3 Å². The Hall–Kier alpha value is -8.81. The van der Waals surface area contributed by atoms with Crippen LogP contribution in [0, 0.1) is 3.57 Å². The average molecular weight is 1500 g/mol. The zero-order valence-corrected chi connectivity index (χ0v) is 57.0. The van der Waals surface area contributed by atoms with Gasteiger partial charge in [0.15, 0.2) is 0 Å². The lowest BCUT2D eigenvalue weighted by atomic mass is 10.0. The van der Waals surface area contributed by atoms with Crippen molar-refractivity contribution in [1.29, 1.82) is 0 Å². The van der Waals surface area contributed by atoms with Gasteiger partial charge in [0.25, 0.3) is 0 Å². The molecule has 1 heterocycles. The molecule has 0 spiro atoms. The van der Waals surface area contributed by atoms with Crippen LogP contribution in [0.15, 0.2) is 48.5 Å². The number of halogens is 1. The minimum absolute atomic E-state index is 0.0279.